The molecule has 37 heavy (non-hydrogen) atoms. The van der Waals surface area contributed by atoms with Gasteiger partial charge in [-0.15, -0.1) is 0 Å². The number of phenolic OH excluding ortho intramolecular Hbond substituents is 1. The van der Waals surface area contributed by atoms with Crippen molar-refractivity contribution in [3.8, 4) is 28.4 Å². The van der Waals surface area contributed by atoms with Gasteiger partial charge >= 0.3 is 12.1 Å². The topological polar surface area (TPSA) is 65.0 Å². The fourth-order valence-corrected chi connectivity index (χ4v) is 5.59. The molecule has 3 aromatic rings. The third kappa shape index (κ3) is 4.61. The molecule has 1 heterocycles. The second kappa shape index (κ2) is 9.32. The van der Waals surface area contributed by atoms with Gasteiger partial charge in [0, 0.05) is 17.5 Å². The van der Waals surface area contributed by atoms with Crippen LogP contribution >= 0.6 is 0 Å². The molecule has 0 saturated heterocycles. The minimum Gasteiger partial charge on any atom is -0.508 e. The fourth-order valence-electron chi connectivity index (χ4n) is 5.59. The minimum absolute atomic E-state index is 0.0220. The van der Waals surface area contributed by atoms with Crippen LogP contribution in [0.3, 0.4) is 0 Å². The summed E-state index contributed by atoms with van der Waals surface area (Å²) in [6.07, 6.45) is -3.76. The maximum absolute atomic E-state index is 14.1. The van der Waals surface area contributed by atoms with E-state index < -0.39 is 17.8 Å². The van der Waals surface area contributed by atoms with Gasteiger partial charge in [-0.25, -0.2) is 0 Å². The molecule has 0 bridgehead atoms. The van der Waals surface area contributed by atoms with Crippen LogP contribution in [0.25, 0.3) is 11.1 Å². The van der Waals surface area contributed by atoms with E-state index in [1.54, 1.807) is 26.0 Å². The number of hydrogen-bond donors (Lipinski definition) is 1. The Morgan fingerprint density at radius 1 is 1.05 bits per heavy atom. The highest BCUT2D eigenvalue weighted by Crippen LogP contribution is 2.48. The van der Waals surface area contributed by atoms with Crippen molar-refractivity contribution < 1.29 is 37.3 Å². The van der Waals surface area contributed by atoms with E-state index in [0.29, 0.717) is 53.2 Å². The Kier molecular flexibility index (Phi) is 6.30. The lowest BCUT2D eigenvalue weighted by molar-refractivity contribution is -0.141. The number of rotatable bonds is 5. The molecular weight excluding hydrogens is 485 g/mol. The molecule has 0 aromatic heterocycles. The van der Waals surface area contributed by atoms with Gasteiger partial charge in [0.05, 0.1) is 25.7 Å². The molecule has 1 aliphatic carbocycles. The number of ether oxygens (including phenoxy) is 3. The van der Waals surface area contributed by atoms with Crippen LogP contribution in [0.4, 0.5) is 13.2 Å². The Labute approximate surface area is 212 Å². The second-order valence-corrected chi connectivity index (χ2v) is 9.64. The van der Waals surface area contributed by atoms with Crippen LogP contribution < -0.4 is 9.47 Å². The first kappa shape index (κ1) is 25.0. The largest absolute Gasteiger partial charge is 0.508 e. The average Bonchev–Trinajstić information content (AvgIpc) is 3.41. The number of hydrogen-bond acceptors (Lipinski definition) is 5. The van der Waals surface area contributed by atoms with E-state index in [0.717, 1.165) is 17.2 Å². The second-order valence-electron chi connectivity index (χ2n) is 9.64. The molecule has 1 aliphatic heterocycles. The number of methoxy groups -OCH3 is 1. The predicted molar refractivity (Wildman–Crippen MR) is 131 cm³/mol. The van der Waals surface area contributed by atoms with Gasteiger partial charge < -0.3 is 19.3 Å². The highest BCUT2D eigenvalue weighted by molar-refractivity contribution is 5.79. The van der Waals surface area contributed by atoms with E-state index in [1.807, 2.05) is 6.07 Å². The van der Waals surface area contributed by atoms with Crippen molar-refractivity contribution in [2.75, 3.05) is 13.7 Å². The molecule has 0 radical (unpaired) electrons. The Morgan fingerprint density at radius 3 is 2.43 bits per heavy atom. The summed E-state index contributed by atoms with van der Waals surface area (Å²) in [6.45, 7) is 3.79. The number of carbonyl (C=O) groups is 1. The molecule has 1 N–H and O–H groups in total. The van der Waals surface area contributed by atoms with E-state index in [9.17, 15) is 23.1 Å². The van der Waals surface area contributed by atoms with Crippen molar-refractivity contribution >= 4 is 5.97 Å². The maximum atomic E-state index is 14.1. The molecule has 0 amide bonds. The number of halogens is 3. The first-order valence-corrected chi connectivity index (χ1v) is 12.1. The van der Waals surface area contributed by atoms with Gasteiger partial charge in [-0.3, -0.25) is 4.79 Å². The van der Waals surface area contributed by atoms with Crippen molar-refractivity contribution in [2.24, 2.45) is 0 Å². The summed E-state index contributed by atoms with van der Waals surface area (Å²) in [6, 6.07) is 11.1. The van der Waals surface area contributed by atoms with Crippen LogP contribution in [-0.4, -0.2) is 24.8 Å². The molecule has 194 valence electrons. The highest BCUT2D eigenvalue weighted by Gasteiger charge is 2.39. The standard InChI is InChI=1S/C29H27F3O5/c1-15-10-18(33)11-16(2)27(15)28-22-7-9-24(21(22)6-8-23(28)29(30,31)32)37-19-4-5-20-17(12-26(34)35-3)14-36-25(20)13-19/h4-6,8,10-11,13,17,24,33H,7,9,12,14H2,1-3H3/t17?,24-/m1/s1. The van der Waals surface area contributed by atoms with Gasteiger partial charge in [0.2, 0.25) is 0 Å². The number of benzene rings is 3. The molecule has 3 aromatic carbocycles. The third-order valence-corrected chi connectivity index (χ3v) is 7.21. The van der Waals surface area contributed by atoms with Gasteiger partial charge in [-0.1, -0.05) is 12.1 Å². The third-order valence-electron chi connectivity index (χ3n) is 7.21. The number of aryl methyl sites for hydroxylation is 2. The summed E-state index contributed by atoms with van der Waals surface area (Å²) in [5, 5.41) is 9.96. The Bertz CT molecular complexity index is 1360. The van der Waals surface area contributed by atoms with Crippen LogP contribution in [0, 0.1) is 13.8 Å². The zero-order valence-electron chi connectivity index (χ0n) is 20.7. The quantitative estimate of drug-likeness (QED) is 0.381. The van der Waals surface area contributed by atoms with Crippen LogP contribution in [0.1, 0.15) is 58.2 Å². The lowest BCUT2D eigenvalue weighted by atomic mass is 9.86. The summed E-state index contributed by atoms with van der Waals surface area (Å²) in [4.78, 5) is 11.7. The predicted octanol–water partition coefficient (Wildman–Crippen LogP) is 6.80. The minimum atomic E-state index is -4.53. The van der Waals surface area contributed by atoms with E-state index in [-0.39, 0.29) is 29.6 Å². The molecule has 0 saturated carbocycles. The number of carbonyl (C=O) groups excluding carboxylic acids is 1. The van der Waals surface area contributed by atoms with Crippen molar-refractivity contribution in [2.45, 2.75) is 51.3 Å². The smallest absolute Gasteiger partial charge is 0.417 e. The van der Waals surface area contributed by atoms with E-state index in [4.69, 9.17) is 14.2 Å². The van der Waals surface area contributed by atoms with Gasteiger partial charge in [0.25, 0.3) is 0 Å². The molecule has 2 atom stereocenters. The highest BCUT2D eigenvalue weighted by atomic mass is 19.4. The van der Waals surface area contributed by atoms with Crippen molar-refractivity contribution in [1.29, 1.82) is 0 Å². The van der Waals surface area contributed by atoms with Crippen LogP contribution in [0.2, 0.25) is 0 Å². The van der Waals surface area contributed by atoms with E-state index in [1.165, 1.54) is 25.3 Å². The zero-order chi connectivity index (χ0) is 26.5. The molecule has 5 nitrogen and oxygen atoms in total. The number of alkyl halides is 3. The summed E-state index contributed by atoms with van der Waals surface area (Å²) in [5.41, 5.74) is 3.37. The van der Waals surface area contributed by atoms with E-state index in [2.05, 4.69) is 0 Å². The number of aromatic hydroxyl groups is 1. The van der Waals surface area contributed by atoms with Crippen molar-refractivity contribution in [3.63, 3.8) is 0 Å². The number of fused-ring (bicyclic) bond motifs is 2. The molecule has 8 heteroatoms. The van der Waals surface area contributed by atoms with Gasteiger partial charge in [0.15, 0.2) is 0 Å². The summed E-state index contributed by atoms with van der Waals surface area (Å²) in [5.74, 6) is 0.803. The Morgan fingerprint density at radius 2 is 1.76 bits per heavy atom. The zero-order valence-corrected chi connectivity index (χ0v) is 20.7. The fraction of sp³-hybridized carbons (Fsp3) is 0.345. The SMILES string of the molecule is COC(=O)CC1COc2cc(O[C@@H]3CCc4c3ccc(C(F)(F)F)c4-c3c(C)cc(O)cc3C)ccc21. The monoisotopic (exact) mass is 512 g/mol. The lowest BCUT2D eigenvalue weighted by Gasteiger charge is -2.22. The number of esters is 1. The van der Waals surface area contributed by atoms with Gasteiger partial charge in [-0.2, -0.15) is 13.2 Å². The van der Waals surface area contributed by atoms with Crippen LogP contribution in [0.15, 0.2) is 42.5 Å². The molecule has 2 aliphatic rings. The Balaban J connectivity index is 1.49. The first-order valence-electron chi connectivity index (χ1n) is 12.1. The molecule has 0 fully saturated rings. The van der Waals surface area contributed by atoms with Gasteiger partial charge in [-0.05, 0) is 84.3 Å². The van der Waals surface area contributed by atoms with Crippen molar-refractivity contribution in [1.82, 2.24) is 0 Å². The molecule has 1 unspecified atom stereocenters. The normalized spacial score (nSPS) is 18.2. The van der Waals surface area contributed by atoms with Crippen LogP contribution in [-0.2, 0) is 22.1 Å². The molecular formula is C29H27F3O5. The Hall–Kier alpha value is -3.68. The lowest BCUT2D eigenvalue weighted by Crippen LogP contribution is -2.11. The molecule has 0 spiro atoms. The summed E-state index contributed by atoms with van der Waals surface area (Å²) < 4.78 is 59.2. The van der Waals surface area contributed by atoms with Crippen LogP contribution in [0.5, 0.6) is 17.2 Å². The number of phenols is 1. The maximum Gasteiger partial charge on any atom is 0.417 e. The van der Waals surface area contributed by atoms with E-state index >= 15 is 0 Å². The van der Waals surface area contributed by atoms with Gasteiger partial charge in [0.1, 0.15) is 23.4 Å². The van der Waals surface area contributed by atoms with Crippen molar-refractivity contribution in [3.05, 3.63) is 75.8 Å². The summed E-state index contributed by atoms with van der Waals surface area (Å²) >= 11 is 0. The summed E-state index contributed by atoms with van der Waals surface area (Å²) in [7, 11) is 1.35. The average molecular weight is 513 g/mol. The molecule has 5 rings (SSSR count). The first-order chi connectivity index (χ1) is 17.6.